The topological polar surface area (TPSA) is 59.1 Å². The van der Waals surface area contributed by atoms with Crippen molar-refractivity contribution in [3.8, 4) is 11.5 Å². The van der Waals surface area contributed by atoms with Gasteiger partial charge in [0.05, 0.1) is 10.0 Å². The highest BCUT2D eigenvalue weighted by molar-refractivity contribution is 9.10. The van der Waals surface area contributed by atoms with Gasteiger partial charge in [-0.3, -0.25) is 5.41 Å². The highest BCUT2D eigenvalue weighted by atomic mass is 79.9. The molecule has 2 rings (SSSR count). The molecule has 0 aliphatic heterocycles. The number of hydrogen-bond acceptors (Lipinski definition) is 2. The number of nitrogens with one attached hydrogen (secondary N) is 1. The minimum Gasteiger partial charge on any atom is -0.456 e. The molecule has 3 nitrogen and oxygen atoms in total. The van der Waals surface area contributed by atoms with Crippen LogP contribution in [0.2, 0.25) is 0 Å². The molecule has 0 aliphatic carbocycles. The first kappa shape index (κ1) is 14.0. The minimum atomic E-state index is -0.420. The third-order valence-electron chi connectivity index (χ3n) is 2.36. The van der Waals surface area contributed by atoms with Crippen molar-refractivity contribution < 1.29 is 9.13 Å². The molecule has 0 aliphatic rings. The predicted molar refractivity (Wildman–Crippen MR) is 79.3 cm³/mol. The number of nitrogen functional groups attached to an aromatic ring is 1. The van der Waals surface area contributed by atoms with Crippen LogP contribution in [-0.4, -0.2) is 5.84 Å². The average molecular weight is 388 g/mol. The molecule has 0 fully saturated rings. The molecule has 3 N–H and O–H groups in total. The second-order valence-corrected chi connectivity index (χ2v) is 5.41. The lowest BCUT2D eigenvalue weighted by Crippen LogP contribution is -2.13. The van der Waals surface area contributed by atoms with Gasteiger partial charge in [-0.1, -0.05) is 6.07 Å². The standard InChI is InChI=1S/C13H9Br2FN2O/c14-8-5-4-7(6-10(8)16)19-11-3-1-2-9(15)12(11)13(17)18/h1-6H,(H3,17,18). The summed E-state index contributed by atoms with van der Waals surface area (Å²) in [6.07, 6.45) is 0. The lowest BCUT2D eigenvalue weighted by Gasteiger charge is -2.12. The van der Waals surface area contributed by atoms with Gasteiger partial charge in [0.15, 0.2) is 0 Å². The van der Waals surface area contributed by atoms with E-state index < -0.39 is 5.82 Å². The Kier molecular flexibility index (Phi) is 4.21. The Labute approximate surface area is 126 Å². The van der Waals surface area contributed by atoms with E-state index in [0.717, 1.165) is 0 Å². The number of ether oxygens (including phenoxy) is 1. The van der Waals surface area contributed by atoms with Crippen LogP contribution in [0.4, 0.5) is 4.39 Å². The van der Waals surface area contributed by atoms with Crippen molar-refractivity contribution in [3.05, 3.63) is 56.7 Å². The number of nitrogens with two attached hydrogens (primary N) is 1. The first-order valence-corrected chi connectivity index (χ1v) is 6.83. The van der Waals surface area contributed by atoms with E-state index in [2.05, 4.69) is 31.9 Å². The normalized spacial score (nSPS) is 10.3. The van der Waals surface area contributed by atoms with Gasteiger partial charge >= 0.3 is 0 Å². The Morgan fingerprint density at radius 2 is 1.89 bits per heavy atom. The molecule has 2 aromatic carbocycles. The molecule has 0 amide bonds. The second-order valence-electron chi connectivity index (χ2n) is 3.70. The van der Waals surface area contributed by atoms with Gasteiger partial charge in [0, 0.05) is 10.5 Å². The molecule has 0 bridgehead atoms. The molecule has 0 heterocycles. The van der Waals surface area contributed by atoms with Crippen molar-refractivity contribution in [1.82, 2.24) is 0 Å². The van der Waals surface area contributed by atoms with E-state index in [1.807, 2.05) is 0 Å². The lowest BCUT2D eigenvalue weighted by atomic mass is 10.2. The Morgan fingerprint density at radius 3 is 2.53 bits per heavy atom. The number of rotatable bonds is 3. The van der Waals surface area contributed by atoms with Crippen molar-refractivity contribution in [2.45, 2.75) is 0 Å². The molecule has 0 spiro atoms. The first-order valence-electron chi connectivity index (χ1n) is 5.25. The predicted octanol–water partition coefficient (Wildman–Crippen LogP) is 4.43. The zero-order valence-corrected chi connectivity index (χ0v) is 12.8. The van der Waals surface area contributed by atoms with E-state index in [4.69, 9.17) is 15.9 Å². The Balaban J connectivity index is 2.40. The van der Waals surface area contributed by atoms with Crippen LogP contribution in [0.3, 0.4) is 0 Å². The fraction of sp³-hybridized carbons (Fsp3) is 0. The third-order valence-corrected chi connectivity index (χ3v) is 3.67. The zero-order valence-electron chi connectivity index (χ0n) is 9.58. The molecule has 0 saturated carbocycles. The van der Waals surface area contributed by atoms with E-state index in [-0.39, 0.29) is 5.84 Å². The van der Waals surface area contributed by atoms with E-state index >= 15 is 0 Å². The molecule has 98 valence electrons. The number of benzene rings is 2. The molecule has 0 radical (unpaired) electrons. The Morgan fingerprint density at radius 1 is 1.16 bits per heavy atom. The highest BCUT2D eigenvalue weighted by Gasteiger charge is 2.12. The Hall–Kier alpha value is -1.40. The summed E-state index contributed by atoms with van der Waals surface area (Å²) in [7, 11) is 0. The SMILES string of the molecule is N=C(N)c1c(Br)cccc1Oc1ccc(Br)c(F)c1. The maximum Gasteiger partial charge on any atom is 0.141 e. The van der Waals surface area contributed by atoms with E-state index in [1.54, 1.807) is 30.3 Å². The maximum absolute atomic E-state index is 13.4. The van der Waals surface area contributed by atoms with E-state index in [9.17, 15) is 4.39 Å². The largest absolute Gasteiger partial charge is 0.456 e. The van der Waals surface area contributed by atoms with Crippen LogP contribution in [-0.2, 0) is 0 Å². The molecule has 2 aromatic rings. The number of hydrogen-bond donors (Lipinski definition) is 2. The quantitative estimate of drug-likeness (QED) is 0.604. The number of amidine groups is 1. The van der Waals surface area contributed by atoms with Crippen molar-refractivity contribution in [1.29, 1.82) is 5.41 Å². The van der Waals surface area contributed by atoms with Gasteiger partial charge in [0.25, 0.3) is 0 Å². The Bertz CT molecular complexity index is 647. The summed E-state index contributed by atoms with van der Waals surface area (Å²) in [5, 5.41) is 7.55. The lowest BCUT2D eigenvalue weighted by molar-refractivity contribution is 0.475. The minimum absolute atomic E-state index is 0.125. The smallest absolute Gasteiger partial charge is 0.141 e. The zero-order chi connectivity index (χ0) is 14.0. The van der Waals surface area contributed by atoms with Gasteiger partial charge in [-0.25, -0.2) is 4.39 Å². The maximum atomic E-state index is 13.4. The monoisotopic (exact) mass is 386 g/mol. The van der Waals surface area contributed by atoms with Gasteiger partial charge in [-0.2, -0.15) is 0 Å². The molecule has 0 atom stereocenters. The third kappa shape index (κ3) is 3.13. The highest BCUT2D eigenvalue weighted by Crippen LogP contribution is 2.31. The van der Waals surface area contributed by atoms with Crippen molar-refractivity contribution in [2.75, 3.05) is 0 Å². The fourth-order valence-corrected chi connectivity index (χ4v) is 2.33. The summed E-state index contributed by atoms with van der Waals surface area (Å²) in [4.78, 5) is 0. The van der Waals surface area contributed by atoms with Crippen LogP contribution in [0, 0.1) is 11.2 Å². The van der Waals surface area contributed by atoms with Crippen LogP contribution in [0.15, 0.2) is 45.3 Å². The van der Waals surface area contributed by atoms with Gasteiger partial charge < -0.3 is 10.5 Å². The average Bonchev–Trinajstić information content (AvgIpc) is 2.33. The van der Waals surface area contributed by atoms with E-state index in [1.165, 1.54) is 6.07 Å². The van der Waals surface area contributed by atoms with E-state index in [0.29, 0.717) is 26.0 Å². The van der Waals surface area contributed by atoms with Crippen LogP contribution in [0.5, 0.6) is 11.5 Å². The van der Waals surface area contributed by atoms with Crippen molar-refractivity contribution in [3.63, 3.8) is 0 Å². The first-order chi connectivity index (χ1) is 8.99. The second kappa shape index (κ2) is 5.71. The van der Waals surface area contributed by atoms with Crippen LogP contribution < -0.4 is 10.5 Å². The summed E-state index contributed by atoms with van der Waals surface area (Å²) in [5.74, 6) is 0.182. The molecule has 0 saturated heterocycles. The molecular weight excluding hydrogens is 379 g/mol. The summed E-state index contributed by atoms with van der Waals surface area (Å²) >= 11 is 6.38. The van der Waals surface area contributed by atoms with Crippen LogP contribution >= 0.6 is 31.9 Å². The molecule has 6 heteroatoms. The van der Waals surface area contributed by atoms with Crippen LogP contribution in [0.1, 0.15) is 5.56 Å². The van der Waals surface area contributed by atoms with Crippen LogP contribution in [0.25, 0.3) is 0 Å². The molecule has 19 heavy (non-hydrogen) atoms. The summed E-state index contributed by atoms with van der Waals surface area (Å²) in [6, 6.07) is 9.61. The van der Waals surface area contributed by atoms with Gasteiger partial charge in [0.1, 0.15) is 23.2 Å². The fourth-order valence-electron chi connectivity index (χ4n) is 1.52. The van der Waals surface area contributed by atoms with Gasteiger partial charge in [0.2, 0.25) is 0 Å². The summed E-state index contributed by atoms with van der Waals surface area (Å²) in [6.45, 7) is 0. The summed E-state index contributed by atoms with van der Waals surface area (Å²) in [5.41, 5.74) is 5.95. The van der Waals surface area contributed by atoms with Crippen molar-refractivity contribution in [2.24, 2.45) is 5.73 Å². The van der Waals surface area contributed by atoms with Crippen molar-refractivity contribution >= 4 is 37.7 Å². The molecular formula is C13H9Br2FN2O. The van der Waals surface area contributed by atoms with Gasteiger partial charge in [-0.15, -0.1) is 0 Å². The number of halogens is 3. The summed E-state index contributed by atoms with van der Waals surface area (Å²) < 4.78 is 20.0. The molecule has 0 unspecified atom stereocenters. The molecule has 0 aromatic heterocycles. The van der Waals surface area contributed by atoms with Gasteiger partial charge in [-0.05, 0) is 56.1 Å².